The topological polar surface area (TPSA) is 89.6 Å². The average molecular weight is 396 g/mol. The van der Waals surface area contributed by atoms with Crippen LogP contribution in [0.2, 0.25) is 0 Å². The van der Waals surface area contributed by atoms with Gasteiger partial charge in [-0.25, -0.2) is 0 Å². The van der Waals surface area contributed by atoms with Crippen molar-refractivity contribution in [2.24, 2.45) is 5.41 Å². The summed E-state index contributed by atoms with van der Waals surface area (Å²) in [6.45, 7) is 10.7. The van der Waals surface area contributed by atoms with E-state index >= 15 is 0 Å². The summed E-state index contributed by atoms with van der Waals surface area (Å²) < 4.78 is 11.9. The molecule has 7 nitrogen and oxygen atoms in total. The van der Waals surface area contributed by atoms with Crippen LogP contribution >= 0.6 is 0 Å². The van der Waals surface area contributed by atoms with Gasteiger partial charge in [0.15, 0.2) is 5.78 Å². The van der Waals surface area contributed by atoms with Gasteiger partial charge in [0, 0.05) is 38.1 Å². The maximum absolute atomic E-state index is 12.3. The Balaban J connectivity index is 1.48. The summed E-state index contributed by atoms with van der Waals surface area (Å²) >= 11 is 0. The summed E-state index contributed by atoms with van der Waals surface area (Å²) in [7, 11) is 0. The largest absolute Gasteiger partial charge is 0.491 e. The van der Waals surface area contributed by atoms with Gasteiger partial charge >= 0.3 is 0 Å². The highest BCUT2D eigenvalue weighted by Crippen LogP contribution is 2.22. The quantitative estimate of drug-likeness (QED) is 0.724. The van der Waals surface area contributed by atoms with Crippen molar-refractivity contribution in [1.29, 1.82) is 10.5 Å². The predicted octanol–water partition coefficient (Wildman–Crippen LogP) is 1.81. The third-order valence-corrected chi connectivity index (χ3v) is 5.33. The standard InChI is InChI=1S/C22H28N4O3/c1-22(2,3)21(27)15-26-13-18-11-25(12-19(14-26)29-18)6-7-28-20-5-4-16(9-23)8-17(20)10-24/h4-5,8,18-19H,6-7,11-15H2,1-3H3. The SMILES string of the molecule is CC(C)(C)C(=O)CN1CC2CN(CCOc3ccc(C#N)cc3C#N)CC(C1)O2. The lowest BCUT2D eigenvalue weighted by Gasteiger charge is -2.46. The van der Waals surface area contributed by atoms with Crippen molar-refractivity contribution < 1.29 is 14.3 Å². The molecule has 0 saturated carbocycles. The van der Waals surface area contributed by atoms with Crippen LogP contribution in [0.1, 0.15) is 31.9 Å². The molecule has 1 aromatic carbocycles. The Kier molecular flexibility index (Phi) is 6.54. The molecule has 7 heteroatoms. The molecule has 2 heterocycles. The summed E-state index contributed by atoms with van der Waals surface area (Å²) in [6.07, 6.45) is 0.194. The first-order valence-electron chi connectivity index (χ1n) is 9.99. The number of ether oxygens (including phenoxy) is 2. The number of carbonyl (C=O) groups excluding carboxylic acids is 1. The van der Waals surface area contributed by atoms with Gasteiger partial charge in [0.1, 0.15) is 18.4 Å². The lowest BCUT2D eigenvalue weighted by atomic mass is 9.90. The first-order chi connectivity index (χ1) is 13.8. The van der Waals surface area contributed by atoms with Crippen LogP contribution in [-0.2, 0) is 9.53 Å². The molecule has 2 bridgehead atoms. The molecule has 0 aliphatic carbocycles. The maximum atomic E-state index is 12.3. The fraction of sp³-hybridized carbons (Fsp3) is 0.591. The Labute approximate surface area is 172 Å². The molecule has 2 fully saturated rings. The minimum Gasteiger partial charge on any atom is -0.491 e. The van der Waals surface area contributed by atoms with Gasteiger partial charge in [-0.3, -0.25) is 14.6 Å². The van der Waals surface area contributed by atoms with E-state index in [0.717, 1.165) is 32.7 Å². The lowest BCUT2D eigenvalue weighted by molar-refractivity contribution is -0.147. The molecule has 2 aliphatic heterocycles. The van der Waals surface area contributed by atoms with Crippen LogP contribution in [0.3, 0.4) is 0 Å². The lowest BCUT2D eigenvalue weighted by Crippen LogP contribution is -2.60. The zero-order chi connectivity index (χ0) is 21.0. The fourth-order valence-corrected chi connectivity index (χ4v) is 3.71. The van der Waals surface area contributed by atoms with Gasteiger partial charge < -0.3 is 9.47 Å². The highest BCUT2D eigenvalue weighted by atomic mass is 16.5. The summed E-state index contributed by atoms with van der Waals surface area (Å²) in [5.41, 5.74) is 0.510. The van der Waals surface area contributed by atoms with Gasteiger partial charge in [-0.05, 0) is 18.2 Å². The molecule has 1 aromatic rings. The summed E-state index contributed by atoms with van der Waals surface area (Å²) in [5, 5.41) is 18.2. The van der Waals surface area contributed by atoms with E-state index in [0.29, 0.717) is 30.0 Å². The molecule has 154 valence electrons. The predicted molar refractivity (Wildman–Crippen MR) is 107 cm³/mol. The van der Waals surface area contributed by atoms with Gasteiger partial charge in [-0.15, -0.1) is 0 Å². The molecule has 2 unspecified atom stereocenters. The summed E-state index contributed by atoms with van der Waals surface area (Å²) in [5.74, 6) is 0.769. The Bertz CT molecular complexity index is 820. The number of benzene rings is 1. The molecule has 2 saturated heterocycles. The van der Waals surface area contributed by atoms with Crippen LogP contribution in [0, 0.1) is 28.1 Å². The number of morpholine rings is 2. The van der Waals surface area contributed by atoms with Crippen LogP contribution in [0.25, 0.3) is 0 Å². The van der Waals surface area contributed by atoms with Crippen LogP contribution in [0.5, 0.6) is 5.75 Å². The highest BCUT2D eigenvalue weighted by Gasteiger charge is 2.36. The molecule has 0 N–H and O–H groups in total. The second kappa shape index (κ2) is 8.92. The number of hydrogen-bond donors (Lipinski definition) is 0. The van der Waals surface area contributed by atoms with E-state index in [1.54, 1.807) is 18.2 Å². The molecule has 29 heavy (non-hydrogen) atoms. The molecular formula is C22H28N4O3. The van der Waals surface area contributed by atoms with Crippen LogP contribution in [-0.4, -0.2) is 73.7 Å². The Morgan fingerprint density at radius 1 is 1.14 bits per heavy atom. The summed E-state index contributed by atoms with van der Waals surface area (Å²) in [4.78, 5) is 16.9. The molecular weight excluding hydrogens is 368 g/mol. The zero-order valence-corrected chi connectivity index (χ0v) is 17.4. The number of nitrogens with zero attached hydrogens (tertiary/aromatic N) is 4. The average Bonchev–Trinajstić information content (AvgIpc) is 2.66. The molecule has 2 atom stereocenters. The van der Waals surface area contributed by atoms with Gasteiger partial charge in [0.2, 0.25) is 0 Å². The normalized spacial score (nSPS) is 22.5. The first kappa shape index (κ1) is 21.3. The third-order valence-electron chi connectivity index (χ3n) is 5.33. The number of fused-ring (bicyclic) bond motifs is 2. The second-order valence-corrected chi connectivity index (χ2v) is 8.79. The number of hydrogen-bond acceptors (Lipinski definition) is 7. The van der Waals surface area contributed by atoms with Crippen molar-refractivity contribution in [3.05, 3.63) is 29.3 Å². The highest BCUT2D eigenvalue weighted by molar-refractivity contribution is 5.85. The van der Waals surface area contributed by atoms with Crippen molar-refractivity contribution in [1.82, 2.24) is 9.80 Å². The van der Waals surface area contributed by atoms with E-state index in [1.807, 2.05) is 26.8 Å². The monoisotopic (exact) mass is 396 g/mol. The fourth-order valence-electron chi connectivity index (χ4n) is 3.71. The number of ketones is 1. The molecule has 0 spiro atoms. The zero-order valence-electron chi connectivity index (χ0n) is 17.4. The molecule has 0 amide bonds. The van der Waals surface area contributed by atoms with Crippen LogP contribution in [0.4, 0.5) is 0 Å². The smallest absolute Gasteiger partial charge is 0.152 e. The van der Waals surface area contributed by atoms with Gasteiger partial charge in [0.25, 0.3) is 0 Å². The minimum atomic E-state index is -0.315. The van der Waals surface area contributed by atoms with E-state index in [2.05, 4.69) is 15.9 Å². The van der Waals surface area contributed by atoms with Crippen molar-refractivity contribution >= 4 is 5.78 Å². The van der Waals surface area contributed by atoms with Crippen molar-refractivity contribution in [3.8, 4) is 17.9 Å². The number of nitriles is 2. The minimum absolute atomic E-state index is 0.0971. The van der Waals surface area contributed by atoms with Gasteiger partial charge in [-0.1, -0.05) is 20.8 Å². The van der Waals surface area contributed by atoms with Crippen molar-refractivity contribution in [2.75, 3.05) is 45.9 Å². The maximum Gasteiger partial charge on any atom is 0.152 e. The van der Waals surface area contributed by atoms with E-state index in [1.165, 1.54) is 0 Å². The van der Waals surface area contributed by atoms with Crippen molar-refractivity contribution in [2.45, 2.75) is 33.0 Å². The Hall–Kier alpha value is -2.45. The Morgan fingerprint density at radius 2 is 1.79 bits per heavy atom. The van der Waals surface area contributed by atoms with E-state index in [-0.39, 0.29) is 23.4 Å². The third kappa shape index (κ3) is 5.55. The number of carbonyl (C=O) groups is 1. The molecule has 2 aliphatic rings. The van der Waals surface area contributed by atoms with Crippen LogP contribution in [0.15, 0.2) is 18.2 Å². The number of rotatable bonds is 6. The Morgan fingerprint density at radius 3 is 2.38 bits per heavy atom. The van der Waals surface area contributed by atoms with Gasteiger partial charge in [-0.2, -0.15) is 10.5 Å². The van der Waals surface area contributed by atoms with Gasteiger partial charge in [0.05, 0.1) is 35.9 Å². The van der Waals surface area contributed by atoms with E-state index in [9.17, 15) is 10.1 Å². The molecule has 0 aromatic heterocycles. The van der Waals surface area contributed by atoms with Crippen molar-refractivity contribution in [3.63, 3.8) is 0 Å². The first-order valence-corrected chi connectivity index (χ1v) is 9.99. The second-order valence-electron chi connectivity index (χ2n) is 8.79. The van der Waals surface area contributed by atoms with E-state index in [4.69, 9.17) is 14.7 Å². The molecule has 0 radical (unpaired) electrons. The van der Waals surface area contributed by atoms with E-state index < -0.39 is 0 Å². The van der Waals surface area contributed by atoms with Crippen LogP contribution < -0.4 is 4.74 Å². The molecule has 3 rings (SSSR count). The summed E-state index contributed by atoms with van der Waals surface area (Å²) in [6, 6.07) is 8.98. The number of Topliss-reactive ketones (excluding diaryl/α,β-unsaturated/α-hetero) is 1.